The Labute approximate surface area is 173 Å². The molecule has 0 radical (unpaired) electrons. The van der Waals surface area contributed by atoms with Crippen molar-refractivity contribution in [1.82, 2.24) is 9.21 Å². The molecule has 0 atom stereocenters. The highest BCUT2D eigenvalue weighted by Crippen LogP contribution is 2.27. The number of hydrogen-bond donors (Lipinski definition) is 0. The Bertz CT molecular complexity index is 947. The summed E-state index contributed by atoms with van der Waals surface area (Å²) in [6.07, 6.45) is 0. The summed E-state index contributed by atoms with van der Waals surface area (Å²) in [5, 5.41) is 0. The fraction of sp³-hybridized carbons (Fsp3) is 0.368. The van der Waals surface area contributed by atoms with Gasteiger partial charge in [0.15, 0.2) is 0 Å². The summed E-state index contributed by atoms with van der Waals surface area (Å²) >= 11 is 3.20. The van der Waals surface area contributed by atoms with E-state index in [9.17, 15) is 12.8 Å². The Balaban J connectivity index is 1.70. The molecule has 1 aliphatic rings. The molecule has 0 bridgehead atoms. The van der Waals surface area contributed by atoms with Crippen molar-refractivity contribution >= 4 is 26.0 Å². The highest BCUT2D eigenvalue weighted by atomic mass is 79.9. The van der Waals surface area contributed by atoms with Crippen molar-refractivity contribution in [3.63, 3.8) is 0 Å². The second kappa shape index (κ2) is 8.77. The zero-order valence-electron chi connectivity index (χ0n) is 15.7. The maximum absolute atomic E-state index is 14.1. The summed E-state index contributed by atoms with van der Waals surface area (Å²) in [5.41, 5.74) is 0.969. The van der Waals surface area contributed by atoms with Crippen molar-refractivity contribution in [2.45, 2.75) is 11.4 Å². The highest BCUT2D eigenvalue weighted by Gasteiger charge is 2.31. The van der Waals surface area contributed by atoms with Gasteiger partial charge in [0.05, 0.1) is 14.2 Å². The predicted molar refractivity (Wildman–Crippen MR) is 108 cm³/mol. The Morgan fingerprint density at radius 3 is 2.39 bits per heavy atom. The van der Waals surface area contributed by atoms with Crippen LogP contribution in [-0.2, 0) is 16.6 Å². The van der Waals surface area contributed by atoms with Crippen LogP contribution in [0.5, 0.6) is 11.5 Å². The van der Waals surface area contributed by atoms with Gasteiger partial charge in [-0.15, -0.1) is 0 Å². The van der Waals surface area contributed by atoms with Gasteiger partial charge in [0, 0.05) is 42.8 Å². The Morgan fingerprint density at radius 1 is 1.04 bits per heavy atom. The van der Waals surface area contributed by atoms with Crippen LogP contribution in [0.15, 0.2) is 45.8 Å². The summed E-state index contributed by atoms with van der Waals surface area (Å²) in [7, 11) is -0.657. The topological polar surface area (TPSA) is 59.1 Å². The number of piperazine rings is 1. The smallest absolute Gasteiger partial charge is 0.246 e. The van der Waals surface area contributed by atoms with Crippen LogP contribution in [0, 0.1) is 5.82 Å². The molecule has 2 aromatic rings. The van der Waals surface area contributed by atoms with E-state index in [4.69, 9.17) is 9.47 Å². The second-order valence-corrected chi connectivity index (χ2v) is 9.25. The molecule has 3 rings (SSSR count). The maximum atomic E-state index is 14.1. The largest absolute Gasteiger partial charge is 0.497 e. The van der Waals surface area contributed by atoms with Gasteiger partial charge in [0.1, 0.15) is 22.2 Å². The van der Waals surface area contributed by atoms with Crippen molar-refractivity contribution in [2.24, 2.45) is 0 Å². The van der Waals surface area contributed by atoms with Crippen molar-refractivity contribution in [1.29, 1.82) is 0 Å². The molecule has 0 saturated carbocycles. The number of nitrogens with zero attached hydrogens (tertiary/aromatic N) is 2. The van der Waals surface area contributed by atoms with E-state index < -0.39 is 15.8 Å². The van der Waals surface area contributed by atoms with Crippen LogP contribution in [-0.4, -0.2) is 58.0 Å². The zero-order chi connectivity index (χ0) is 20.3. The lowest BCUT2D eigenvalue weighted by Gasteiger charge is -2.34. The van der Waals surface area contributed by atoms with Crippen molar-refractivity contribution < 1.29 is 22.3 Å². The fourth-order valence-electron chi connectivity index (χ4n) is 3.19. The Kier molecular flexibility index (Phi) is 6.59. The molecule has 9 heteroatoms. The van der Waals surface area contributed by atoms with E-state index in [1.54, 1.807) is 14.2 Å². The number of benzene rings is 2. The molecule has 0 unspecified atom stereocenters. The number of ether oxygens (including phenoxy) is 2. The highest BCUT2D eigenvalue weighted by molar-refractivity contribution is 9.10. The normalized spacial score (nSPS) is 16.1. The van der Waals surface area contributed by atoms with Gasteiger partial charge >= 0.3 is 0 Å². The van der Waals surface area contributed by atoms with Crippen LogP contribution in [0.2, 0.25) is 0 Å². The average Bonchev–Trinajstić information content (AvgIpc) is 2.70. The third-order valence-electron chi connectivity index (χ3n) is 4.72. The van der Waals surface area contributed by atoms with Crippen LogP contribution in [0.4, 0.5) is 4.39 Å². The molecular weight excluding hydrogens is 451 g/mol. The molecule has 0 aliphatic carbocycles. The first-order valence-electron chi connectivity index (χ1n) is 8.73. The minimum Gasteiger partial charge on any atom is -0.497 e. The van der Waals surface area contributed by atoms with Crippen molar-refractivity contribution in [2.75, 3.05) is 40.4 Å². The summed E-state index contributed by atoms with van der Waals surface area (Å²) in [6.45, 7) is 2.27. The first-order valence-corrected chi connectivity index (χ1v) is 11.0. The molecule has 1 heterocycles. The molecule has 0 N–H and O–H groups in total. The van der Waals surface area contributed by atoms with Gasteiger partial charge in [0.2, 0.25) is 10.0 Å². The average molecular weight is 473 g/mol. The monoisotopic (exact) mass is 472 g/mol. The molecule has 1 saturated heterocycles. The molecular formula is C19H22BrFN2O4S. The van der Waals surface area contributed by atoms with E-state index in [0.717, 1.165) is 23.1 Å². The SMILES string of the molecule is COc1ccc(OC)c(CN2CCN(S(=O)(=O)c3cc(Br)ccc3F)CC2)c1. The van der Waals surface area contributed by atoms with E-state index >= 15 is 0 Å². The lowest BCUT2D eigenvalue weighted by atomic mass is 10.1. The Morgan fingerprint density at radius 2 is 1.75 bits per heavy atom. The van der Waals surface area contributed by atoms with Gasteiger partial charge in [-0.2, -0.15) is 4.31 Å². The third-order valence-corrected chi connectivity index (χ3v) is 7.13. The van der Waals surface area contributed by atoms with Gasteiger partial charge in [-0.25, -0.2) is 12.8 Å². The minimum atomic E-state index is -3.88. The van der Waals surface area contributed by atoms with E-state index in [-0.39, 0.29) is 4.90 Å². The van der Waals surface area contributed by atoms with Crippen molar-refractivity contribution in [3.8, 4) is 11.5 Å². The van der Waals surface area contributed by atoms with Crippen LogP contribution >= 0.6 is 15.9 Å². The molecule has 0 aromatic heterocycles. The van der Waals surface area contributed by atoms with Crippen molar-refractivity contribution in [3.05, 3.63) is 52.3 Å². The number of methoxy groups -OCH3 is 2. The van der Waals surface area contributed by atoms with Crippen LogP contribution < -0.4 is 9.47 Å². The maximum Gasteiger partial charge on any atom is 0.246 e. The first kappa shape index (κ1) is 21.0. The minimum absolute atomic E-state index is 0.292. The number of halogens is 2. The summed E-state index contributed by atoms with van der Waals surface area (Å²) in [4.78, 5) is 1.84. The van der Waals surface area contributed by atoms with E-state index in [2.05, 4.69) is 20.8 Å². The first-order chi connectivity index (χ1) is 13.3. The molecule has 28 heavy (non-hydrogen) atoms. The van der Waals surface area contributed by atoms with Gasteiger partial charge in [0.25, 0.3) is 0 Å². The molecule has 1 fully saturated rings. The number of rotatable bonds is 6. The summed E-state index contributed by atoms with van der Waals surface area (Å²) in [5.74, 6) is 0.751. The fourth-order valence-corrected chi connectivity index (χ4v) is 5.21. The van der Waals surface area contributed by atoms with E-state index in [0.29, 0.717) is 37.2 Å². The Hall–Kier alpha value is -1.68. The van der Waals surface area contributed by atoms with Crippen LogP contribution in [0.25, 0.3) is 0 Å². The quantitative estimate of drug-likeness (QED) is 0.646. The molecule has 152 valence electrons. The standard InChI is InChI=1S/C19H22BrFN2O4S/c1-26-16-4-6-18(27-2)14(11-16)13-22-7-9-23(10-8-22)28(24,25)19-12-15(20)3-5-17(19)21/h3-6,11-12H,7-10,13H2,1-2H3. The zero-order valence-corrected chi connectivity index (χ0v) is 18.1. The van der Waals surface area contributed by atoms with Gasteiger partial charge in [-0.1, -0.05) is 15.9 Å². The molecule has 0 spiro atoms. The van der Waals surface area contributed by atoms with Gasteiger partial charge < -0.3 is 9.47 Å². The van der Waals surface area contributed by atoms with Gasteiger partial charge in [-0.05, 0) is 36.4 Å². The van der Waals surface area contributed by atoms with Gasteiger partial charge in [-0.3, -0.25) is 4.90 Å². The summed E-state index contributed by atoms with van der Waals surface area (Å²) in [6, 6.07) is 9.54. The van der Waals surface area contributed by atoms with E-state index in [1.165, 1.54) is 16.4 Å². The third kappa shape index (κ3) is 4.48. The lowest BCUT2D eigenvalue weighted by molar-refractivity contribution is 0.179. The van der Waals surface area contributed by atoms with Crippen LogP contribution in [0.1, 0.15) is 5.56 Å². The lowest BCUT2D eigenvalue weighted by Crippen LogP contribution is -2.48. The molecule has 1 aliphatic heterocycles. The molecule has 6 nitrogen and oxygen atoms in total. The number of sulfonamides is 1. The summed E-state index contributed by atoms with van der Waals surface area (Å²) < 4.78 is 52.3. The molecule has 2 aromatic carbocycles. The van der Waals surface area contributed by atoms with E-state index in [1.807, 2.05) is 18.2 Å². The number of hydrogen-bond acceptors (Lipinski definition) is 5. The predicted octanol–water partition coefficient (Wildman–Crippen LogP) is 3.11. The second-order valence-electron chi connectivity index (χ2n) is 6.43. The van der Waals surface area contributed by atoms with Crippen LogP contribution in [0.3, 0.4) is 0 Å². The molecule has 0 amide bonds.